The number of hydrogen-bond acceptors (Lipinski definition) is 2. The highest BCUT2D eigenvalue weighted by Gasteiger charge is 2.22. The lowest BCUT2D eigenvalue weighted by atomic mass is 9.83. The third kappa shape index (κ3) is 2.71. The van der Waals surface area contributed by atoms with Gasteiger partial charge in [0.15, 0.2) is 0 Å². The van der Waals surface area contributed by atoms with Gasteiger partial charge in [-0.2, -0.15) is 0 Å². The van der Waals surface area contributed by atoms with E-state index in [0.29, 0.717) is 12.0 Å². The summed E-state index contributed by atoms with van der Waals surface area (Å²) in [6.45, 7) is 2.10. The SMILES string of the molecule is O=C(CC1CCC1)NC1CCNCC1. The van der Waals surface area contributed by atoms with Crippen LogP contribution in [-0.2, 0) is 4.79 Å². The lowest BCUT2D eigenvalue weighted by Crippen LogP contribution is -2.43. The van der Waals surface area contributed by atoms with Gasteiger partial charge in [-0.3, -0.25) is 4.79 Å². The van der Waals surface area contributed by atoms with Crippen molar-refractivity contribution >= 4 is 5.91 Å². The fourth-order valence-electron chi connectivity index (χ4n) is 2.21. The first kappa shape index (κ1) is 9.97. The number of hydrogen-bond donors (Lipinski definition) is 2. The van der Waals surface area contributed by atoms with Crippen LogP contribution in [0.5, 0.6) is 0 Å². The molecule has 0 atom stereocenters. The van der Waals surface area contributed by atoms with Gasteiger partial charge in [0.1, 0.15) is 0 Å². The van der Waals surface area contributed by atoms with Crippen LogP contribution in [0.1, 0.15) is 38.5 Å². The Kier molecular flexibility index (Phi) is 3.40. The quantitative estimate of drug-likeness (QED) is 0.708. The van der Waals surface area contributed by atoms with Gasteiger partial charge < -0.3 is 10.6 Å². The molecule has 1 saturated heterocycles. The third-order valence-corrected chi connectivity index (χ3v) is 3.40. The van der Waals surface area contributed by atoms with E-state index in [1.165, 1.54) is 19.3 Å². The van der Waals surface area contributed by atoms with Crippen LogP contribution in [0.15, 0.2) is 0 Å². The minimum absolute atomic E-state index is 0.279. The molecule has 0 aromatic heterocycles. The van der Waals surface area contributed by atoms with Crippen LogP contribution in [0.3, 0.4) is 0 Å². The lowest BCUT2D eigenvalue weighted by molar-refractivity contribution is -0.123. The number of rotatable bonds is 3. The molecule has 1 heterocycles. The summed E-state index contributed by atoms with van der Waals surface area (Å²) in [5, 5.41) is 6.44. The minimum atomic E-state index is 0.279. The highest BCUT2D eigenvalue weighted by atomic mass is 16.1. The largest absolute Gasteiger partial charge is 0.353 e. The Bertz CT molecular complexity index is 195. The van der Waals surface area contributed by atoms with Crippen molar-refractivity contribution in [3.05, 3.63) is 0 Å². The van der Waals surface area contributed by atoms with Crippen LogP contribution in [0.25, 0.3) is 0 Å². The fraction of sp³-hybridized carbons (Fsp3) is 0.909. The maximum Gasteiger partial charge on any atom is 0.220 e. The summed E-state index contributed by atoms with van der Waals surface area (Å²) in [7, 11) is 0. The molecule has 1 saturated carbocycles. The van der Waals surface area contributed by atoms with E-state index in [2.05, 4.69) is 10.6 Å². The first-order chi connectivity index (χ1) is 6.84. The molecule has 0 aromatic carbocycles. The maximum absolute atomic E-state index is 11.6. The van der Waals surface area contributed by atoms with E-state index in [-0.39, 0.29) is 5.91 Å². The normalized spacial score (nSPS) is 24.3. The van der Waals surface area contributed by atoms with E-state index in [4.69, 9.17) is 0 Å². The first-order valence-corrected chi connectivity index (χ1v) is 5.84. The Labute approximate surface area is 85.6 Å². The average molecular weight is 196 g/mol. The summed E-state index contributed by atoms with van der Waals surface area (Å²) >= 11 is 0. The molecule has 0 aromatic rings. The molecule has 3 nitrogen and oxygen atoms in total. The van der Waals surface area contributed by atoms with E-state index >= 15 is 0 Å². The molecule has 2 fully saturated rings. The van der Waals surface area contributed by atoms with Crippen molar-refractivity contribution in [2.45, 2.75) is 44.6 Å². The molecule has 0 unspecified atom stereocenters. The molecule has 0 spiro atoms. The summed E-state index contributed by atoms with van der Waals surface area (Å²) in [6, 6.07) is 0.434. The topological polar surface area (TPSA) is 41.1 Å². The van der Waals surface area contributed by atoms with Gasteiger partial charge in [-0.15, -0.1) is 0 Å². The van der Waals surface area contributed by atoms with Crippen LogP contribution in [0.4, 0.5) is 0 Å². The van der Waals surface area contributed by atoms with Crippen LogP contribution < -0.4 is 10.6 Å². The second-order valence-corrected chi connectivity index (χ2v) is 4.59. The Morgan fingerprint density at radius 3 is 2.50 bits per heavy atom. The van der Waals surface area contributed by atoms with E-state index in [1.54, 1.807) is 0 Å². The molecule has 14 heavy (non-hydrogen) atoms. The molecular formula is C11H20N2O. The molecule has 2 aliphatic rings. The van der Waals surface area contributed by atoms with Gasteiger partial charge in [0.2, 0.25) is 5.91 Å². The Balaban J connectivity index is 1.64. The zero-order chi connectivity index (χ0) is 9.80. The van der Waals surface area contributed by atoms with E-state index in [1.807, 2.05) is 0 Å². The summed E-state index contributed by atoms with van der Waals surface area (Å²) in [5.74, 6) is 0.971. The highest BCUT2D eigenvalue weighted by Crippen LogP contribution is 2.29. The zero-order valence-corrected chi connectivity index (χ0v) is 8.72. The highest BCUT2D eigenvalue weighted by molar-refractivity contribution is 5.76. The minimum Gasteiger partial charge on any atom is -0.353 e. The van der Waals surface area contributed by atoms with Crippen molar-refractivity contribution in [2.75, 3.05) is 13.1 Å². The monoisotopic (exact) mass is 196 g/mol. The Morgan fingerprint density at radius 2 is 1.93 bits per heavy atom. The van der Waals surface area contributed by atoms with Gasteiger partial charge in [0, 0.05) is 12.5 Å². The first-order valence-electron chi connectivity index (χ1n) is 5.84. The van der Waals surface area contributed by atoms with Crippen molar-refractivity contribution in [1.29, 1.82) is 0 Å². The van der Waals surface area contributed by atoms with Gasteiger partial charge in [0.25, 0.3) is 0 Å². The smallest absolute Gasteiger partial charge is 0.220 e. The molecule has 80 valence electrons. The molecule has 2 N–H and O–H groups in total. The summed E-state index contributed by atoms with van der Waals surface area (Å²) in [4.78, 5) is 11.6. The molecule has 0 radical (unpaired) electrons. The van der Waals surface area contributed by atoms with Crippen molar-refractivity contribution in [2.24, 2.45) is 5.92 Å². The van der Waals surface area contributed by atoms with E-state index in [0.717, 1.165) is 32.4 Å². The number of amides is 1. The van der Waals surface area contributed by atoms with Crippen LogP contribution in [0.2, 0.25) is 0 Å². The predicted octanol–water partition coefficient (Wildman–Crippen LogP) is 1.04. The fourth-order valence-corrected chi connectivity index (χ4v) is 2.21. The van der Waals surface area contributed by atoms with Gasteiger partial charge in [-0.1, -0.05) is 6.42 Å². The van der Waals surface area contributed by atoms with Crippen molar-refractivity contribution in [3.63, 3.8) is 0 Å². The molecule has 3 heteroatoms. The predicted molar refractivity (Wildman–Crippen MR) is 56.0 cm³/mol. The second-order valence-electron chi connectivity index (χ2n) is 4.59. The van der Waals surface area contributed by atoms with Crippen LogP contribution >= 0.6 is 0 Å². The second kappa shape index (κ2) is 4.78. The number of carbonyl (C=O) groups is 1. The van der Waals surface area contributed by atoms with Gasteiger partial charge in [-0.25, -0.2) is 0 Å². The van der Waals surface area contributed by atoms with E-state index < -0.39 is 0 Å². The number of nitrogens with one attached hydrogen (secondary N) is 2. The number of piperidine rings is 1. The molecule has 2 rings (SSSR count). The molecule has 1 amide bonds. The van der Waals surface area contributed by atoms with Crippen LogP contribution in [0, 0.1) is 5.92 Å². The summed E-state index contributed by atoms with van der Waals surface area (Å²) < 4.78 is 0. The summed E-state index contributed by atoms with van der Waals surface area (Å²) in [6.07, 6.45) is 6.81. The van der Waals surface area contributed by atoms with Crippen molar-refractivity contribution in [3.8, 4) is 0 Å². The maximum atomic E-state index is 11.6. The number of carbonyl (C=O) groups excluding carboxylic acids is 1. The van der Waals surface area contributed by atoms with Crippen molar-refractivity contribution < 1.29 is 4.79 Å². The molecule has 1 aliphatic heterocycles. The Morgan fingerprint density at radius 1 is 1.21 bits per heavy atom. The van der Waals surface area contributed by atoms with Gasteiger partial charge >= 0.3 is 0 Å². The lowest BCUT2D eigenvalue weighted by Gasteiger charge is -2.27. The molecular weight excluding hydrogens is 176 g/mol. The van der Waals surface area contributed by atoms with Crippen molar-refractivity contribution in [1.82, 2.24) is 10.6 Å². The molecule has 0 bridgehead atoms. The third-order valence-electron chi connectivity index (χ3n) is 3.40. The average Bonchev–Trinajstić information content (AvgIpc) is 2.13. The molecule has 1 aliphatic carbocycles. The standard InChI is InChI=1S/C11H20N2O/c14-11(8-9-2-1-3-9)13-10-4-6-12-7-5-10/h9-10,12H,1-8H2,(H,13,14). The van der Waals surface area contributed by atoms with E-state index in [9.17, 15) is 4.79 Å². The van der Waals surface area contributed by atoms with Crippen LogP contribution in [-0.4, -0.2) is 25.0 Å². The summed E-state index contributed by atoms with van der Waals surface area (Å²) in [5.41, 5.74) is 0. The van der Waals surface area contributed by atoms with Gasteiger partial charge in [-0.05, 0) is 44.7 Å². The van der Waals surface area contributed by atoms with Gasteiger partial charge in [0.05, 0.1) is 0 Å². The zero-order valence-electron chi connectivity index (χ0n) is 8.72. The Hall–Kier alpha value is -0.570.